The number of imidazole rings is 1. The van der Waals surface area contributed by atoms with E-state index < -0.39 is 5.60 Å². The molecular formula is C16H18Cl2N6O2. The number of anilines is 2. The monoisotopic (exact) mass is 396 g/mol. The smallest absolute Gasteiger partial charge is 0.330 e. The quantitative estimate of drug-likeness (QED) is 0.643. The van der Waals surface area contributed by atoms with Crippen LogP contribution in [0.1, 0.15) is 20.3 Å². The van der Waals surface area contributed by atoms with Crippen molar-refractivity contribution in [3.05, 3.63) is 39.3 Å². The largest absolute Gasteiger partial charge is 0.390 e. The minimum absolute atomic E-state index is 0.0627. The maximum absolute atomic E-state index is 12.5. The van der Waals surface area contributed by atoms with Gasteiger partial charge in [0.1, 0.15) is 5.02 Å². The van der Waals surface area contributed by atoms with Crippen molar-refractivity contribution in [1.29, 1.82) is 0 Å². The van der Waals surface area contributed by atoms with Crippen molar-refractivity contribution in [2.75, 3.05) is 5.32 Å². The average molecular weight is 397 g/mol. The number of halogens is 2. The molecule has 0 bridgehead atoms. The van der Waals surface area contributed by atoms with E-state index >= 15 is 0 Å². The number of aromatic nitrogens is 5. The second kappa shape index (κ2) is 6.86. The van der Waals surface area contributed by atoms with Gasteiger partial charge in [-0.2, -0.15) is 4.98 Å². The van der Waals surface area contributed by atoms with E-state index in [4.69, 9.17) is 23.2 Å². The Labute approximate surface area is 159 Å². The Hall–Kier alpha value is -2.16. The topological polar surface area (TPSA) is 97.9 Å². The van der Waals surface area contributed by atoms with Crippen LogP contribution in [0.15, 0.2) is 23.3 Å². The summed E-state index contributed by atoms with van der Waals surface area (Å²) in [5.74, 6) is 0.342. The summed E-state index contributed by atoms with van der Waals surface area (Å²) in [6.07, 6.45) is 3.40. The molecule has 0 spiro atoms. The van der Waals surface area contributed by atoms with E-state index in [-0.39, 0.29) is 11.0 Å². The first-order valence-electron chi connectivity index (χ1n) is 7.88. The van der Waals surface area contributed by atoms with Gasteiger partial charge in [-0.25, -0.2) is 14.8 Å². The van der Waals surface area contributed by atoms with Gasteiger partial charge in [-0.3, -0.25) is 9.13 Å². The van der Waals surface area contributed by atoms with Gasteiger partial charge in [0.05, 0.1) is 29.2 Å². The molecule has 0 radical (unpaired) electrons. The fourth-order valence-electron chi connectivity index (χ4n) is 2.52. The Balaban J connectivity index is 2.01. The fourth-order valence-corrected chi connectivity index (χ4v) is 2.79. The average Bonchev–Trinajstić information content (AvgIpc) is 2.79. The second-order valence-corrected chi connectivity index (χ2v) is 7.33. The lowest BCUT2D eigenvalue weighted by atomic mass is 10.1. The van der Waals surface area contributed by atoms with Crippen LogP contribution in [-0.4, -0.2) is 34.8 Å². The Morgan fingerprint density at radius 2 is 2.00 bits per heavy atom. The first kappa shape index (κ1) is 18.6. The zero-order chi connectivity index (χ0) is 19.1. The minimum Gasteiger partial charge on any atom is -0.390 e. The maximum Gasteiger partial charge on any atom is 0.330 e. The molecule has 8 nitrogen and oxygen atoms in total. The van der Waals surface area contributed by atoms with Crippen LogP contribution in [0.25, 0.3) is 11.2 Å². The number of hydrogen-bond donors (Lipinski definition) is 2. The standard InChI is InChI=1S/C16H18Cl2N6O2/c1-16(2,26)4-5-24-11-6-9(7-19-13(11)23(3)15(24)25)21-12-10(17)8-20-14(18)22-12/h6-8,26H,4-5H2,1-3H3,(H,20,21,22). The predicted octanol–water partition coefficient (Wildman–Crippen LogP) is 2.74. The van der Waals surface area contributed by atoms with Crippen molar-refractivity contribution in [2.45, 2.75) is 32.4 Å². The minimum atomic E-state index is -0.879. The molecular weight excluding hydrogens is 379 g/mol. The Morgan fingerprint density at radius 3 is 2.69 bits per heavy atom. The predicted molar refractivity (Wildman–Crippen MR) is 101 cm³/mol. The highest BCUT2D eigenvalue weighted by molar-refractivity contribution is 6.33. The number of rotatable bonds is 5. The first-order chi connectivity index (χ1) is 12.2. The highest BCUT2D eigenvalue weighted by atomic mass is 35.5. The molecule has 10 heteroatoms. The first-order valence-corrected chi connectivity index (χ1v) is 8.64. The van der Waals surface area contributed by atoms with Crippen LogP contribution in [0.2, 0.25) is 10.3 Å². The molecule has 0 aliphatic carbocycles. The van der Waals surface area contributed by atoms with Gasteiger partial charge in [0, 0.05) is 13.6 Å². The lowest BCUT2D eigenvalue weighted by Crippen LogP contribution is -2.27. The van der Waals surface area contributed by atoms with Crippen molar-refractivity contribution in [3.63, 3.8) is 0 Å². The summed E-state index contributed by atoms with van der Waals surface area (Å²) < 4.78 is 3.05. The molecule has 138 valence electrons. The van der Waals surface area contributed by atoms with Gasteiger partial charge in [-0.05, 0) is 37.9 Å². The maximum atomic E-state index is 12.5. The Bertz CT molecular complexity index is 1020. The molecule has 0 aliphatic rings. The zero-order valence-electron chi connectivity index (χ0n) is 14.5. The lowest BCUT2D eigenvalue weighted by molar-refractivity contribution is 0.0662. The van der Waals surface area contributed by atoms with Gasteiger partial charge in [0.25, 0.3) is 0 Å². The molecule has 3 heterocycles. The van der Waals surface area contributed by atoms with Crippen LogP contribution in [-0.2, 0) is 13.6 Å². The summed E-state index contributed by atoms with van der Waals surface area (Å²) in [4.78, 5) is 24.7. The van der Waals surface area contributed by atoms with Crippen LogP contribution in [0, 0.1) is 0 Å². The molecule has 0 aliphatic heterocycles. The lowest BCUT2D eigenvalue weighted by Gasteiger charge is -2.17. The molecule has 3 rings (SSSR count). The molecule has 0 saturated carbocycles. The van der Waals surface area contributed by atoms with Gasteiger partial charge >= 0.3 is 5.69 Å². The van der Waals surface area contributed by atoms with Crippen molar-refractivity contribution in [1.82, 2.24) is 24.1 Å². The summed E-state index contributed by atoms with van der Waals surface area (Å²) in [7, 11) is 1.66. The van der Waals surface area contributed by atoms with Gasteiger partial charge in [0.15, 0.2) is 11.5 Å². The highest BCUT2D eigenvalue weighted by Crippen LogP contribution is 2.25. The molecule has 0 atom stereocenters. The third-order valence-electron chi connectivity index (χ3n) is 3.90. The number of hydrogen-bond acceptors (Lipinski definition) is 6. The summed E-state index contributed by atoms with van der Waals surface area (Å²) >= 11 is 11.9. The molecule has 0 aromatic carbocycles. The normalized spacial score (nSPS) is 11.9. The summed E-state index contributed by atoms with van der Waals surface area (Å²) in [6, 6.07) is 1.78. The molecule has 2 N–H and O–H groups in total. The van der Waals surface area contributed by atoms with Gasteiger partial charge in [-0.1, -0.05) is 11.6 Å². The van der Waals surface area contributed by atoms with E-state index in [0.717, 1.165) is 0 Å². The van der Waals surface area contributed by atoms with E-state index in [2.05, 4.69) is 20.3 Å². The molecule has 0 amide bonds. The molecule has 26 heavy (non-hydrogen) atoms. The SMILES string of the molecule is Cn1c(=O)n(CCC(C)(C)O)c2cc(Nc3nc(Cl)ncc3Cl)cnc21. The second-order valence-electron chi connectivity index (χ2n) is 6.58. The van der Waals surface area contributed by atoms with Gasteiger partial charge in [0.2, 0.25) is 5.28 Å². The van der Waals surface area contributed by atoms with Crippen LogP contribution in [0.5, 0.6) is 0 Å². The van der Waals surface area contributed by atoms with Crippen molar-refractivity contribution >= 4 is 45.9 Å². The van der Waals surface area contributed by atoms with Crippen molar-refractivity contribution in [2.24, 2.45) is 7.05 Å². The number of aliphatic hydroxyl groups is 1. The third-order valence-corrected chi connectivity index (χ3v) is 4.36. The summed E-state index contributed by atoms with van der Waals surface area (Å²) in [5.41, 5.74) is 0.704. The summed E-state index contributed by atoms with van der Waals surface area (Å²) in [6.45, 7) is 3.77. The van der Waals surface area contributed by atoms with Crippen LogP contribution in [0.3, 0.4) is 0 Å². The Morgan fingerprint density at radius 1 is 1.27 bits per heavy atom. The van der Waals surface area contributed by atoms with Crippen LogP contribution < -0.4 is 11.0 Å². The molecule has 0 unspecified atom stereocenters. The van der Waals surface area contributed by atoms with E-state index in [1.54, 1.807) is 37.7 Å². The van der Waals surface area contributed by atoms with Crippen molar-refractivity contribution < 1.29 is 5.11 Å². The highest BCUT2D eigenvalue weighted by Gasteiger charge is 2.17. The number of aryl methyl sites for hydroxylation is 2. The van der Waals surface area contributed by atoms with Crippen LogP contribution in [0.4, 0.5) is 11.5 Å². The van der Waals surface area contributed by atoms with Gasteiger partial charge < -0.3 is 10.4 Å². The summed E-state index contributed by atoms with van der Waals surface area (Å²) in [5, 5.41) is 13.4. The number of nitrogens with zero attached hydrogens (tertiary/aromatic N) is 5. The molecule has 3 aromatic heterocycles. The van der Waals surface area contributed by atoms with E-state index in [1.807, 2.05) is 0 Å². The molecule has 3 aromatic rings. The van der Waals surface area contributed by atoms with E-state index in [9.17, 15) is 9.90 Å². The number of fused-ring (bicyclic) bond motifs is 1. The van der Waals surface area contributed by atoms with E-state index in [1.165, 1.54) is 10.8 Å². The fraction of sp³-hybridized carbons (Fsp3) is 0.375. The van der Waals surface area contributed by atoms with Crippen molar-refractivity contribution in [3.8, 4) is 0 Å². The van der Waals surface area contributed by atoms with Gasteiger partial charge in [-0.15, -0.1) is 0 Å². The third kappa shape index (κ3) is 3.82. The molecule has 0 fully saturated rings. The molecule has 0 saturated heterocycles. The van der Waals surface area contributed by atoms with E-state index in [0.29, 0.717) is 40.7 Å². The Kier molecular flexibility index (Phi) is 4.92. The number of nitrogens with one attached hydrogen (secondary N) is 1. The van der Waals surface area contributed by atoms with Crippen LogP contribution >= 0.6 is 23.2 Å². The number of pyridine rings is 1. The zero-order valence-corrected chi connectivity index (χ0v) is 16.0.